The van der Waals surface area contributed by atoms with Crippen LogP contribution >= 0.6 is 0 Å². The molecule has 0 fully saturated rings. The molecule has 1 heterocycles. The summed E-state index contributed by atoms with van der Waals surface area (Å²) < 4.78 is 5.84. The molecule has 0 spiro atoms. The van der Waals surface area contributed by atoms with Crippen LogP contribution in [0, 0.1) is 11.3 Å². The second-order valence-corrected chi connectivity index (χ2v) is 7.51. The minimum absolute atomic E-state index is 0.380. The van der Waals surface area contributed by atoms with E-state index >= 15 is 0 Å². The normalized spacial score (nSPS) is 13.9. The largest absolute Gasteiger partial charge is 0.446 e. The highest BCUT2D eigenvalue weighted by atomic mass is 16.4. The molecule has 1 atom stereocenters. The van der Waals surface area contributed by atoms with Crippen LogP contribution in [0.25, 0.3) is 0 Å². The smallest absolute Gasteiger partial charge is 0.194 e. The van der Waals surface area contributed by atoms with E-state index in [1.807, 2.05) is 6.20 Å². The summed E-state index contributed by atoms with van der Waals surface area (Å²) in [6.07, 6.45) is 6.11. The Hall–Kier alpha value is -0.830. The van der Waals surface area contributed by atoms with Gasteiger partial charge in [-0.2, -0.15) is 0 Å². The van der Waals surface area contributed by atoms with Gasteiger partial charge in [-0.15, -0.1) is 0 Å². The number of hydrogen-bond acceptors (Lipinski definition) is 3. The van der Waals surface area contributed by atoms with Crippen LogP contribution in [0.4, 0.5) is 0 Å². The number of nitrogens with zero attached hydrogens (tertiary/aromatic N) is 1. The van der Waals surface area contributed by atoms with Gasteiger partial charge in [-0.1, -0.05) is 41.5 Å². The molecule has 116 valence electrons. The minimum Gasteiger partial charge on any atom is -0.446 e. The fraction of sp³-hybridized carbons (Fsp3) is 0.824. The van der Waals surface area contributed by atoms with Crippen LogP contribution in [0.3, 0.4) is 0 Å². The molecule has 0 bridgehead atoms. The number of oxazole rings is 1. The van der Waals surface area contributed by atoms with Crippen LogP contribution in [0.1, 0.15) is 66.0 Å². The Bertz CT molecular complexity index is 377. The van der Waals surface area contributed by atoms with Gasteiger partial charge in [0.2, 0.25) is 0 Å². The number of hydrogen-bond donors (Lipinski definition) is 1. The number of aromatic nitrogens is 1. The molecule has 0 aliphatic carbocycles. The lowest BCUT2D eigenvalue weighted by Crippen LogP contribution is -2.23. The Kier molecular flexibility index (Phi) is 6.74. The van der Waals surface area contributed by atoms with Crippen LogP contribution in [0.2, 0.25) is 0 Å². The van der Waals surface area contributed by atoms with E-state index in [1.165, 1.54) is 6.42 Å². The van der Waals surface area contributed by atoms with Gasteiger partial charge in [0.25, 0.3) is 0 Å². The van der Waals surface area contributed by atoms with Crippen molar-refractivity contribution in [1.82, 2.24) is 10.3 Å². The maximum Gasteiger partial charge on any atom is 0.194 e. The highest BCUT2D eigenvalue weighted by Crippen LogP contribution is 2.26. The summed E-state index contributed by atoms with van der Waals surface area (Å²) in [6, 6.07) is 0.549. The van der Waals surface area contributed by atoms with E-state index in [0.29, 0.717) is 17.4 Å². The number of rotatable bonds is 8. The zero-order valence-corrected chi connectivity index (χ0v) is 14.1. The zero-order chi connectivity index (χ0) is 15.2. The van der Waals surface area contributed by atoms with Crippen LogP contribution in [-0.4, -0.2) is 17.6 Å². The van der Waals surface area contributed by atoms with Gasteiger partial charge in [0.1, 0.15) is 5.76 Å². The summed E-state index contributed by atoms with van der Waals surface area (Å²) in [5.74, 6) is 2.56. The number of nitrogens with one attached hydrogen (secondary N) is 1. The molecular formula is C17H32N2O. The number of aryl methyl sites for hydroxylation is 1. The van der Waals surface area contributed by atoms with Crippen LogP contribution in [0.15, 0.2) is 10.6 Å². The zero-order valence-electron chi connectivity index (χ0n) is 14.1. The maximum absolute atomic E-state index is 5.84. The van der Waals surface area contributed by atoms with Crippen LogP contribution < -0.4 is 5.32 Å². The third kappa shape index (κ3) is 7.68. The average Bonchev–Trinajstić information content (AvgIpc) is 2.69. The van der Waals surface area contributed by atoms with Gasteiger partial charge in [0, 0.05) is 18.9 Å². The molecule has 3 heteroatoms. The predicted octanol–water partition coefficient (Wildman–Crippen LogP) is 4.22. The third-order valence-corrected chi connectivity index (χ3v) is 3.23. The van der Waals surface area contributed by atoms with Crippen molar-refractivity contribution in [2.75, 3.05) is 6.54 Å². The van der Waals surface area contributed by atoms with Crippen molar-refractivity contribution >= 4 is 0 Å². The molecule has 0 radical (unpaired) electrons. The lowest BCUT2D eigenvalue weighted by atomic mass is 9.84. The van der Waals surface area contributed by atoms with Crippen molar-refractivity contribution in [3.8, 4) is 0 Å². The first-order valence-corrected chi connectivity index (χ1v) is 7.93. The summed E-state index contributed by atoms with van der Waals surface area (Å²) in [6.45, 7) is 14.5. The molecule has 1 unspecified atom stereocenters. The summed E-state index contributed by atoms with van der Waals surface area (Å²) in [5, 5.41) is 3.41. The molecule has 0 aromatic carbocycles. The Morgan fingerprint density at radius 3 is 2.55 bits per heavy atom. The molecule has 0 aliphatic heterocycles. The first-order chi connectivity index (χ1) is 9.26. The second-order valence-electron chi connectivity index (χ2n) is 7.51. The van der Waals surface area contributed by atoms with Gasteiger partial charge in [-0.25, -0.2) is 4.98 Å². The highest BCUT2D eigenvalue weighted by molar-refractivity contribution is 4.96. The van der Waals surface area contributed by atoms with Crippen molar-refractivity contribution in [2.45, 2.75) is 73.3 Å². The molecule has 1 aromatic rings. The fourth-order valence-corrected chi connectivity index (χ4v) is 2.65. The Balaban J connectivity index is 2.32. The van der Waals surface area contributed by atoms with Gasteiger partial charge in [0.15, 0.2) is 5.89 Å². The molecule has 1 N–H and O–H groups in total. The van der Waals surface area contributed by atoms with E-state index in [2.05, 4.69) is 51.8 Å². The SMILES string of the molecule is CC(Cc1cnc(CCCNC(C)C)o1)CC(C)(C)C. The first kappa shape index (κ1) is 17.2. The molecule has 20 heavy (non-hydrogen) atoms. The van der Waals surface area contributed by atoms with E-state index in [1.54, 1.807) is 0 Å². The van der Waals surface area contributed by atoms with E-state index in [9.17, 15) is 0 Å². The monoisotopic (exact) mass is 280 g/mol. The van der Waals surface area contributed by atoms with Crippen molar-refractivity contribution in [2.24, 2.45) is 11.3 Å². The van der Waals surface area contributed by atoms with Gasteiger partial charge < -0.3 is 9.73 Å². The quantitative estimate of drug-likeness (QED) is 0.725. The standard InChI is InChI=1S/C17H32N2O/c1-13(2)18-9-7-8-16-19-12-15(20-16)10-14(3)11-17(4,5)6/h12-14,18H,7-11H2,1-6H3. The Labute approximate surface area is 124 Å². The molecular weight excluding hydrogens is 248 g/mol. The van der Waals surface area contributed by atoms with Crippen LogP contribution in [-0.2, 0) is 12.8 Å². The predicted molar refractivity (Wildman–Crippen MR) is 84.9 cm³/mol. The molecule has 0 saturated heterocycles. The lowest BCUT2D eigenvalue weighted by Gasteiger charge is -2.22. The molecule has 1 rings (SSSR count). The fourth-order valence-electron chi connectivity index (χ4n) is 2.65. The minimum atomic E-state index is 0.380. The van der Waals surface area contributed by atoms with Crippen molar-refractivity contribution in [1.29, 1.82) is 0 Å². The summed E-state index contributed by atoms with van der Waals surface area (Å²) >= 11 is 0. The average molecular weight is 280 g/mol. The molecule has 0 amide bonds. The molecule has 0 aliphatic rings. The van der Waals surface area contributed by atoms with E-state index in [4.69, 9.17) is 4.42 Å². The van der Waals surface area contributed by atoms with Gasteiger partial charge in [-0.05, 0) is 30.7 Å². The second kappa shape index (κ2) is 7.82. The maximum atomic E-state index is 5.84. The van der Waals surface area contributed by atoms with Gasteiger partial charge in [0.05, 0.1) is 6.20 Å². The summed E-state index contributed by atoms with van der Waals surface area (Å²) in [4.78, 5) is 4.39. The molecule has 3 nitrogen and oxygen atoms in total. The topological polar surface area (TPSA) is 38.1 Å². The Morgan fingerprint density at radius 2 is 1.95 bits per heavy atom. The van der Waals surface area contributed by atoms with Gasteiger partial charge >= 0.3 is 0 Å². The molecule has 1 aromatic heterocycles. The van der Waals surface area contributed by atoms with E-state index in [-0.39, 0.29) is 0 Å². The first-order valence-electron chi connectivity index (χ1n) is 7.93. The third-order valence-electron chi connectivity index (χ3n) is 3.23. The lowest BCUT2D eigenvalue weighted by molar-refractivity contribution is 0.294. The summed E-state index contributed by atoms with van der Waals surface area (Å²) in [5.41, 5.74) is 0.380. The van der Waals surface area contributed by atoms with Crippen molar-refractivity contribution in [3.05, 3.63) is 17.8 Å². The van der Waals surface area contributed by atoms with Gasteiger partial charge in [-0.3, -0.25) is 0 Å². The molecule has 0 saturated carbocycles. The Morgan fingerprint density at radius 1 is 1.25 bits per heavy atom. The van der Waals surface area contributed by atoms with Crippen molar-refractivity contribution in [3.63, 3.8) is 0 Å². The van der Waals surface area contributed by atoms with E-state index < -0.39 is 0 Å². The highest BCUT2D eigenvalue weighted by Gasteiger charge is 2.17. The summed E-state index contributed by atoms with van der Waals surface area (Å²) in [7, 11) is 0. The van der Waals surface area contributed by atoms with Crippen LogP contribution in [0.5, 0.6) is 0 Å². The van der Waals surface area contributed by atoms with E-state index in [0.717, 1.165) is 37.5 Å². The van der Waals surface area contributed by atoms with Crippen molar-refractivity contribution < 1.29 is 4.42 Å².